The second-order valence-electron chi connectivity index (χ2n) is 4.29. The molecule has 0 bridgehead atoms. The molecule has 96 valence electrons. The lowest BCUT2D eigenvalue weighted by Gasteiger charge is -2.07. The fraction of sp³-hybridized carbons (Fsp3) is 0.286. The summed E-state index contributed by atoms with van der Waals surface area (Å²) in [6.07, 6.45) is 1.49. The van der Waals surface area contributed by atoms with Gasteiger partial charge in [-0.1, -0.05) is 23.7 Å². The maximum atomic E-state index is 6.12. The number of furan rings is 1. The summed E-state index contributed by atoms with van der Waals surface area (Å²) in [7, 11) is 0. The van der Waals surface area contributed by atoms with Gasteiger partial charge in [-0.15, -0.1) is 0 Å². The van der Waals surface area contributed by atoms with Crippen LogP contribution in [-0.2, 0) is 6.42 Å². The number of nitrogens with two attached hydrogens (primary N) is 2. The van der Waals surface area contributed by atoms with Gasteiger partial charge in [0.2, 0.25) is 0 Å². The van der Waals surface area contributed by atoms with Crippen LogP contribution in [0, 0.1) is 0 Å². The van der Waals surface area contributed by atoms with E-state index in [1.54, 1.807) is 0 Å². The highest BCUT2D eigenvalue weighted by molar-refractivity contribution is 6.33. The standard InChI is InChI=1S/C14H17ClN2O/c15-13-4-2-1-3-12(13)14-6-5-11(18-14)9-10(17)7-8-16/h1-6,10H,7-9,16-17H2. The first kappa shape index (κ1) is 13.1. The largest absolute Gasteiger partial charge is 0.461 e. The molecular formula is C14H17ClN2O. The van der Waals surface area contributed by atoms with E-state index in [9.17, 15) is 0 Å². The molecule has 4 N–H and O–H groups in total. The predicted molar refractivity (Wildman–Crippen MR) is 74.5 cm³/mol. The molecule has 0 aliphatic carbocycles. The van der Waals surface area contributed by atoms with Gasteiger partial charge in [-0.25, -0.2) is 0 Å². The molecule has 0 saturated carbocycles. The van der Waals surface area contributed by atoms with E-state index in [1.165, 1.54) is 0 Å². The third-order valence-electron chi connectivity index (χ3n) is 2.80. The molecule has 0 aliphatic rings. The first-order valence-corrected chi connectivity index (χ1v) is 6.37. The molecule has 1 atom stereocenters. The molecule has 1 aromatic carbocycles. The third kappa shape index (κ3) is 3.13. The van der Waals surface area contributed by atoms with E-state index >= 15 is 0 Å². The van der Waals surface area contributed by atoms with Gasteiger partial charge in [0.25, 0.3) is 0 Å². The fourth-order valence-electron chi connectivity index (χ4n) is 1.87. The molecule has 18 heavy (non-hydrogen) atoms. The highest BCUT2D eigenvalue weighted by Crippen LogP contribution is 2.29. The Kier molecular flexibility index (Phi) is 4.42. The van der Waals surface area contributed by atoms with Crippen LogP contribution in [0.1, 0.15) is 12.2 Å². The fourth-order valence-corrected chi connectivity index (χ4v) is 2.10. The number of hydrogen-bond acceptors (Lipinski definition) is 3. The topological polar surface area (TPSA) is 65.2 Å². The van der Waals surface area contributed by atoms with Crippen molar-refractivity contribution >= 4 is 11.6 Å². The van der Waals surface area contributed by atoms with Crippen LogP contribution in [0.3, 0.4) is 0 Å². The minimum Gasteiger partial charge on any atom is -0.461 e. The molecule has 1 aromatic heterocycles. The van der Waals surface area contributed by atoms with Crippen molar-refractivity contribution in [1.29, 1.82) is 0 Å². The lowest BCUT2D eigenvalue weighted by Crippen LogP contribution is -2.25. The summed E-state index contributed by atoms with van der Waals surface area (Å²) in [4.78, 5) is 0. The van der Waals surface area contributed by atoms with Crippen LogP contribution in [0.2, 0.25) is 5.02 Å². The van der Waals surface area contributed by atoms with Crippen molar-refractivity contribution in [2.75, 3.05) is 6.54 Å². The van der Waals surface area contributed by atoms with Gasteiger partial charge < -0.3 is 15.9 Å². The van der Waals surface area contributed by atoms with Crippen molar-refractivity contribution in [3.05, 3.63) is 47.2 Å². The Morgan fingerprint density at radius 1 is 1.17 bits per heavy atom. The summed E-state index contributed by atoms with van der Waals surface area (Å²) in [5, 5.41) is 0.685. The van der Waals surface area contributed by atoms with Crippen LogP contribution in [0.4, 0.5) is 0 Å². The molecular weight excluding hydrogens is 248 g/mol. The normalized spacial score (nSPS) is 12.6. The van der Waals surface area contributed by atoms with E-state index in [0.29, 0.717) is 18.0 Å². The quantitative estimate of drug-likeness (QED) is 0.873. The van der Waals surface area contributed by atoms with Gasteiger partial charge in [-0.3, -0.25) is 0 Å². The number of rotatable bonds is 5. The van der Waals surface area contributed by atoms with Gasteiger partial charge in [0, 0.05) is 18.0 Å². The molecule has 2 rings (SSSR count). The Hall–Kier alpha value is -1.29. The highest BCUT2D eigenvalue weighted by Gasteiger charge is 2.10. The van der Waals surface area contributed by atoms with Gasteiger partial charge in [0.05, 0.1) is 5.02 Å². The van der Waals surface area contributed by atoms with Crippen LogP contribution in [0.5, 0.6) is 0 Å². The summed E-state index contributed by atoms with van der Waals surface area (Å²) >= 11 is 6.12. The molecule has 0 fully saturated rings. The Balaban J connectivity index is 2.13. The average Bonchev–Trinajstić information content (AvgIpc) is 2.78. The molecule has 0 amide bonds. The lowest BCUT2D eigenvalue weighted by molar-refractivity contribution is 0.485. The molecule has 0 spiro atoms. The zero-order chi connectivity index (χ0) is 13.0. The molecule has 0 radical (unpaired) electrons. The minimum absolute atomic E-state index is 0.0419. The Morgan fingerprint density at radius 2 is 1.94 bits per heavy atom. The van der Waals surface area contributed by atoms with Crippen molar-refractivity contribution in [2.45, 2.75) is 18.9 Å². The molecule has 0 aliphatic heterocycles. The third-order valence-corrected chi connectivity index (χ3v) is 3.13. The van der Waals surface area contributed by atoms with Crippen molar-refractivity contribution in [2.24, 2.45) is 11.5 Å². The SMILES string of the molecule is NCCC(N)Cc1ccc(-c2ccccc2Cl)o1. The van der Waals surface area contributed by atoms with Crippen molar-refractivity contribution in [3.8, 4) is 11.3 Å². The molecule has 0 saturated heterocycles. The smallest absolute Gasteiger partial charge is 0.135 e. The Bertz CT molecular complexity index is 510. The van der Waals surface area contributed by atoms with Crippen molar-refractivity contribution in [1.82, 2.24) is 0 Å². The molecule has 2 aromatic rings. The van der Waals surface area contributed by atoms with Crippen LogP contribution < -0.4 is 11.5 Å². The number of benzene rings is 1. The monoisotopic (exact) mass is 264 g/mol. The Labute approximate surface area is 112 Å². The van der Waals surface area contributed by atoms with Gasteiger partial charge in [-0.2, -0.15) is 0 Å². The molecule has 3 nitrogen and oxygen atoms in total. The summed E-state index contributed by atoms with van der Waals surface area (Å²) in [6, 6.07) is 11.5. The minimum atomic E-state index is 0.0419. The Morgan fingerprint density at radius 3 is 2.67 bits per heavy atom. The van der Waals surface area contributed by atoms with Crippen molar-refractivity contribution < 1.29 is 4.42 Å². The van der Waals surface area contributed by atoms with Crippen molar-refractivity contribution in [3.63, 3.8) is 0 Å². The molecule has 4 heteroatoms. The van der Waals surface area contributed by atoms with E-state index in [0.717, 1.165) is 23.5 Å². The average molecular weight is 265 g/mol. The second kappa shape index (κ2) is 6.05. The van der Waals surface area contributed by atoms with E-state index in [1.807, 2.05) is 36.4 Å². The number of hydrogen-bond donors (Lipinski definition) is 2. The van der Waals surface area contributed by atoms with E-state index in [4.69, 9.17) is 27.5 Å². The molecule has 1 unspecified atom stereocenters. The number of halogens is 1. The first-order valence-electron chi connectivity index (χ1n) is 6.00. The van der Waals surface area contributed by atoms with E-state index in [2.05, 4.69) is 0 Å². The van der Waals surface area contributed by atoms with E-state index < -0.39 is 0 Å². The van der Waals surface area contributed by atoms with Crippen LogP contribution in [0.25, 0.3) is 11.3 Å². The van der Waals surface area contributed by atoms with Gasteiger partial charge >= 0.3 is 0 Å². The summed E-state index contributed by atoms with van der Waals surface area (Å²) in [5.74, 6) is 1.64. The highest BCUT2D eigenvalue weighted by atomic mass is 35.5. The maximum Gasteiger partial charge on any atom is 0.135 e. The van der Waals surface area contributed by atoms with E-state index in [-0.39, 0.29) is 6.04 Å². The molecule has 1 heterocycles. The summed E-state index contributed by atoms with van der Waals surface area (Å²) < 4.78 is 5.76. The van der Waals surface area contributed by atoms with Crippen LogP contribution >= 0.6 is 11.6 Å². The zero-order valence-electron chi connectivity index (χ0n) is 10.1. The first-order chi connectivity index (χ1) is 8.70. The second-order valence-corrected chi connectivity index (χ2v) is 4.69. The maximum absolute atomic E-state index is 6.12. The van der Waals surface area contributed by atoms with Gasteiger partial charge in [-0.05, 0) is 37.2 Å². The summed E-state index contributed by atoms with van der Waals surface area (Å²) in [5.41, 5.74) is 12.3. The zero-order valence-corrected chi connectivity index (χ0v) is 10.9. The lowest BCUT2D eigenvalue weighted by atomic mass is 10.1. The summed E-state index contributed by atoms with van der Waals surface area (Å²) in [6.45, 7) is 0.596. The van der Waals surface area contributed by atoms with Crippen LogP contribution in [-0.4, -0.2) is 12.6 Å². The van der Waals surface area contributed by atoms with Crippen LogP contribution in [0.15, 0.2) is 40.8 Å². The van der Waals surface area contributed by atoms with Gasteiger partial charge in [0.15, 0.2) is 0 Å². The van der Waals surface area contributed by atoms with Gasteiger partial charge in [0.1, 0.15) is 11.5 Å². The predicted octanol–water partition coefficient (Wildman–Crippen LogP) is 2.82.